The molecule has 0 bridgehead atoms. The van der Waals surface area contributed by atoms with Crippen LogP contribution in [0, 0.1) is 11.8 Å². The van der Waals surface area contributed by atoms with Gasteiger partial charge in [-0.05, 0) is 19.8 Å². The first-order valence-corrected chi connectivity index (χ1v) is 7.28. The van der Waals surface area contributed by atoms with Crippen molar-refractivity contribution in [3.63, 3.8) is 0 Å². The first-order valence-electron chi connectivity index (χ1n) is 7.28. The van der Waals surface area contributed by atoms with Crippen molar-refractivity contribution in [2.24, 2.45) is 11.8 Å². The molecular weight excluding hydrogens is 244 g/mol. The van der Waals surface area contributed by atoms with Gasteiger partial charge in [0.2, 0.25) is 0 Å². The largest absolute Gasteiger partial charge is 0.481 e. The summed E-state index contributed by atoms with van der Waals surface area (Å²) in [6.07, 6.45) is 0.218. The van der Waals surface area contributed by atoms with Crippen LogP contribution in [0.25, 0.3) is 0 Å². The van der Waals surface area contributed by atoms with Crippen molar-refractivity contribution in [1.29, 1.82) is 0 Å². The minimum absolute atomic E-state index is 0.218. The Balaban J connectivity index is 1.83. The Morgan fingerprint density at radius 1 is 1.37 bits per heavy atom. The summed E-state index contributed by atoms with van der Waals surface area (Å²) in [6.45, 7) is 11.6. The van der Waals surface area contributed by atoms with Crippen molar-refractivity contribution < 1.29 is 14.6 Å². The molecule has 0 saturated carbocycles. The lowest BCUT2D eigenvalue weighted by Gasteiger charge is -2.37. The molecule has 3 atom stereocenters. The van der Waals surface area contributed by atoms with Gasteiger partial charge in [-0.25, -0.2) is 0 Å². The van der Waals surface area contributed by atoms with Gasteiger partial charge in [-0.15, -0.1) is 0 Å². The van der Waals surface area contributed by atoms with Crippen LogP contribution in [0.5, 0.6) is 0 Å². The minimum Gasteiger partial charge on any atom is -0.481 e. The molecule has 1 unspecified atom stereocenters. The van der Waals surface area contributed by atoms with Crippen LogP contribution in [0.3, 0.4) is 0 Å². The molecule has 5 heteroatoms. The fourth-order valence-electron chi connectivity index (χ4n) is 3.15. The molecule has 2 fully saturated rings. The molecule has 2 aliphatic heterocycles. The van der Waals surface area contributed by atoms with Gasteiger partial charge in [0.25, 0.3) is 0 Å². The topological polar surface area (TPSA) is 53.0 Å². The van der Waals surface area contributed by atoms with Crippen molar-refractivity contribution >= 4 is 5.97 Å². The summed E-state index contributed by atoms with van der Waals surface area (Å²) >= 11 is 0. The van der Waals surface area contributed by atoms with Crippen LogP contribution in [0.4, 0.5) is 0 Å². The van der Waals surface area contributed by atoms with E-state index in [9.17, 15) is 4.79 Å². The zero-order valence-electron chi connectivity index (χ0n) is 12.2. The number of rotatable bonds is 4. The molecule has 110 valence electrons. The molecule has 2 rings (SSSR count). The molecular formula is C14H26N2O3. The van der Waals surface area contributed by atoms with E-state index < -0.39 is 5.97 Å². The van der Waals surface area contributed by atoms with E-state index in [0.717, 1.165) is 32.8 Å². The van der Waals surface area contributed by atoms with Gasteiger partial charge in [0.05, 0.1) is 18.6 Å². The van der Waals surface area contributed by atoms with Gasteiger partial charge in [-0.3, -0.25) is 14.6 Å². The quantitative estimate of drug-likeness (QED) is 0.817. The van der Waals surface area contributed by atoms with E-state index in [-0.39, 0.29) is 17.9 Å². The third-order valence-corrected chi connectivity index (χ3v) is 4.37. The molecule has 0 aromatic carbocycles. The molecule has 0 radical (unpaired) electrons. The van der Waals surface area contributed by atoms with Crippen LogP contribution in [0.15, 0.2) is 0 Å². The van der Waals surface area contributed by atoms with E-state index in [1.165, 1.54) is 0 Å². The highest BCUT2D eigenvalue weighted by Crippen LogP contribution is 2.24. The van der Waals surface area contributed by atoms with Gasteiger partial charge in [-0.2, -0.15) is 0 Å². The Morgan fingerprint density at radius 2 is 2.11 bits per heavy atom. The number of hydrogen-bond donors (Lipinski definition) is 1. The molecule has 2 heterocycles. The van der Waals surface area contributed by atoms with E-state index in [1.807, 2.05) is 6.92 Å². The lowest BCUT2D eigenvalue weighted by atomic mass is 9.99. The summed E-state index contributed by atoms with van der Waals surface area (Å²) in [6, 6.07) is 0.552. The van der Waals surface area contributed by atoms with Crippen LogP contribution in [-0.4, -0.2) is 72.4 Å². The first kappa shape index (κ1) is 14.8. The van der Waals surface area contributed by atoms with Crippen molar-refractivity contribution in [3.8, 4) is 0 Å². The van der Waals surface area contributed by atoms with Gasteiger partial charge >= 0.3 is 5.97 Å². The number of carbonyl (C=O) groups is 1. The molecule has 2 aliphatic rings. The van der Waals surface area contributed by atoms with Crippen LogP contribution in [0.2, 0.25) is 0 Å². The zero-order valence-corrected chi connectivity index (χ0v) is 12.2. The summed E-state index contributed by atoms with van der Waals surface area (Å²) in [5.74, 6) is -0.643. The normalized spacial score (nSPS) is 34.0. The number of carboxylic acids is 1. The molecule has 0 spiro atoms. The zero-order chi connectivity index (χ0) is 14.0. The van der Waals surface area contributed by atoms with Crippen molar-refractivity contribution in [2.45, 2.75) is 32.9 Å². The molecule has 1 N–H and O–H groups in total. The lowest BCUT2D eigenvalue weighted by molar-refractivity contribution is -0.142. The number of nitrogens with zero attached hydrogens (tertiary/aromatic N) is 2. The Hall–Kier alpha value is -0.650. The maximum atomic E-state index is 11.1. The van der Waals surface area contributed by atoms with Crippen LogP contribution in [-0.2, 0) is 9.53 Å². The highest BCUT2D eigenvalue weighted by Gasteiger charge is 2.36. The second-order valence-corrected chi connectivity index (χ2v) is 6.22. The summed E-state index contributed by atoms with van der Waals surface area (Å²) < 4.78 is 5.82. The van der Waals surface area contributed by atoms with E-state index in [0.29, 0.717) is 12.6 Å². The number of aliphatic carboxylic acids is 1. The number of hydrogen-bond acceptors (Lipinski definition) is 4. The predicted octanol–water partition coefficient (Wildman–Crippen LogP) is 0.748. The van der Waals surface area contributed by atoms with Crippen molar-refractivity contribution in [1.82, 2.24) is 9.80 Å². The molecule has 2 saturated heterocycles. The Labute approximate surface area is 115 Å². The van der Waals surface area contributed by atoms with Crippen LogP contribution in [0.1, 0.15) is 20.8 Å². The molecule has 5 nitrogen and oxygen atoms in total. The van der Waals surface area contributed by atoms with Crippen LogP contribution >= 0.6 is 0 Å². The number of likely N-dealkylation sites (tertiary alicyclic amines) is 1. The molecule has 0 aliphatic carbocycles. The Bertz CT molecular complexity index is 322. The van der Waals surface area contributed by atoms with Gasteiger partial charge in [0, 0.05) is 38.8 Å². The lowest BCUT2D eigenvalue weighted by Crippen LogP contribution is -2.49. The van der Waals surface area contributed by atoms with Gasteiger partial charge in [-0.1, -0.05) is 6.92 Å². The predicted molar refractivity (Wildman–Crippen MR) is 73.2 cm³/mol. The number of ether oxygens (including phenoxy) is 1. The average molecular weight is 270 g/mol. The van der Waals surface area contributed by atoms with E-state index in [2.05, 4.69) is 23.6 Å². The summed E-state index contributed by atoms with van der Waals surface area (Å²) in [5.41, 5.74) is 0. The van der Waals surface area contributed by atoms with Crippen LogP contribution < -0.4 is 0 Å². The molecule has 0 aromatic heterocycles. The maximum absolute atomic E-state index is 11.1. The fourth-order valence-corrected chi connectivity index (χ4v) is 3.15. The summed E-state index contributed by atoms with van der Waals surface area (Å²) in [7, 11) is 0. The Kier molecular flexibility index (Phi) is 4.81. The highest BCUT2D eigenvalue weighted by atomic mass is 16.5. The monoisotopic (exact) mass is 270 g/mol. The maximum Gasteiger partial charge on any atom is 0.308 e. The number of carboxylic acid groups (broad SMARTS) is 1. The van der Waals surface area contributed by atoms with E-state index in [4.69, 9.17) is 9.84 Å². The third kappa shape index (κ3) is 3.68. The molecule has 0 amide bonds. The van der Waals surface area contributed by atoms with Crippen molar-refractivity contribution in [2.75, 3.05) is 39.3 Å². The SMILES string of the molecule is CC(C)N1CCOC(CN2C[C@@H](C)[C@H](C(=O)O)C2)C1. The minimum atomic E-state index is -0.664. The molecule has 0 aromatic rings. The number of morpholine rings is 1. The smallest absolute Gasteiger partial charge is 0.308 e. The van der Waals surface area contributed by atoms with Gasteiger partial charge in [0.1, 0.15) is 0 Å². The second kappa shape index (κ2) is 6.20. The standard InChI is InChI=1S/C14H26N2O3/c1-10(2)16-4-5-19-12(8-16)7-15-6-11(3)13(9-15)14(17)18/h10-13H,4-9H2,1-3H3,(H,17,18)/t11-,12?,13-/m1/s1. The fraction of sp³-hybridized carbons (Fsp3) is 0.929. The Morgan fingerprint density at radius 3 is 2.68 bits per heavy atom. The summed E-state index contributed by atoms with van der Waals surface area (Å²) in [5, 5.41) is 9.16. The van der Waals surface area contributed by atoms with E-state index >= 15 is 0 Å². The average Bonchev–Trinajstić information content (AvgIpc) is 2.70. The summed E-state index contributed by atoms with van der Waals surface area (Å²) in [4.78, 5) is 15.8. The first-order chi connectivity index (χ1) is 8.97. The third-order valence-electron chi connectivity index (χ3n) is 4.37. The van der Waals surface area contributed by atoms with E-state index in [1.54, 1.807) is 0 Å². The molecule has 19 heavy (non-hydrogen) atoms. The van der Waals surface area contributed by atoms with Crippen molar-refractivity contribution in [3.05, 3.63) is 0 Å². The second-order valence-electron chi connectivity index (χ2n) is 6.22. The highest BCUT2D eigenvalue weighted by molar-refractivity contribution is 5.71. The van der Waals surface area contributed by atoms with Gasteiger partial charge < -0.3 is 9.84 Å². The van der Waals surface area contributed by atoms with Gasteiger partial charge in [0.15, 0.2) is 0 Å².